The fourth-order valence-electron chi connectivity index (χ4n) is 4.29. The summed E-state index contributed by atoms with van der Waals surface area (Å²) in [5, 5.41) is 5.53. The number of ether oxygens (including phenoxy) is 2. The smallest absolute Gasteiger partial charge is 0.243 e. The predicted octanol–water partition coefficient (Wildman–Crippen LogP) is 2.72. The van der Waals surface area contributed by atoms with Crippen LogP contribution in [0.5, 0.6) is 11.5 Å². The monoisotopic (exact) mass is 517 g/mol. The Morgan fingerprint density at radius 2 is 1.81 bits per heavy atom. The minimum Gasteiger partial charge on any atom is -0.454 e. The van der Waals surface area contributed by atoms with Crippen molar-refractivity contribution in [1.82, 2.24) is 5.32 Å². The van der Waals surface area contributed by atoms with Crippen molar-refractivity contribution in [2.45, 2.75) is 44.7 Å². The van der Waals surface area contributed by atoms with E-state index in [0.29, 0.717) is 17.2 Å². The number of nitrogens with one attached hydrogen (secondary N) is 2. The Morgan fingerprint density at radius 1 is 1.08 bits per heavy atom. The second-order valence-corrected chi connectivity index (χ2v) is 10.2. The summed E-state index contributed by atoms with van der Waals surface area (Å²) in [5.74, 6) is -2.34. The van der Waals surface area contributed by atoms with Gasteiger partial charge in [-0.15, -0.1) is 0 Å². The molecule has 0 saturated heterocycles. The molecule has 2 unspecified atom stereocenters. The van der Waals surface area contributed by atoms with E-state index in [1.807, 2.05) is 0 Å². The first-order valence-corrected chi connectivity index (χ1v) is 13.2. The number of nitrogens with zero attached hydrogens (tertiary/aromatic N) is 1. The molecule has 192 valence electrons. The van der Waals surface area contributed by atoms with Gasteiger partial charge in [-0.05, 0) is 44.0 Å². The van der Waals surface area contributed by atoms with Gasteiger partial charge in [-0.2, -0.15) is 0 Å². The van der Waals surface area contributed by atoms with E-state index in [-0.39, 0.29) is 18.5 Å². The van der Waals surface area contributed by atoms with Crippen molar-refractivity contribution in [1.29, 1.82) is 0 Å². The predicted molar refractivity (Wildman–Crippen MR) is 133 cm³/mol. The van der Waals surface area contributed by atoms with E-state index in [9.17, 15) is 23.0 Å². The third-order valence-corrected chi connectivity index (χ3v) is 7.23. The molecule has 1 heterocycles. The summed E-state index contributed by atoms with van der Waals surface area (Å²) >= 11 is 0. The lowest BCUT2D eigenvalue weighted by molar-refractivity contribution is -0.125. The number of halogens is 1. The number of carbonyl (C=O) groups excluding carboxylic acids is 3. The van der Waals surface area contributed by atoms with Gasteiger partial charge in [-0.25, -0.2) is 4.39 Å². The number of hydrogen-bond acceptors (Lipinski definition) is 6. The quantitative estimate of drug-likeness (QED) is 0.529. The molecule has 2 N–H and O–H groups in total. The lowest BCUT2D eigenvalue weighted by atomic mass is 10.1. The Labute approximate surface area is 210 Å². The van der Waals surface area contributed by atoms with Gasteiger partial charge in [-0.3, -0.25) is 23.5 Å². The molecule has 2 aromatic carbocycles. The highest BCUT2D eigenvalue weighted by Gasteiger charge is 2.32. The van der Waals surface area contributed by atoms with Crippen molar-refractivity contribution in [2.24, 2.45) is 0 Å². The van der Waals surface area contributed by atoms with E-state index < -0.39 is 51.9 Å². The molecule has 1 saturated carbocycles. The van der Waals surface area contributed by atoms with Crippen LogP contribution in [0.4, 0.5) is 15.8 Å². The van der Waals surface area contributed by atoms with Gasteiger partial charge in [-0.1, -0.05) is 25.0 Å². The number of hydrogen-bond donors (Lipinski definition) is 2. The van der Waals surface area contributed by atoms with E-state index in [1.165, 1.54) is 25.1 Å². The molecule has 1 fully saturated rings. The van der Waals surface area contributed by atoms with Gasteiger partial charge in [0.2, 0.25) is 24.5 Å². The van der Waals surface area contributed by atoms with Gasteiger partial charge in [0.05, 0.1) is 5.69 Å². The van der Waals surface area contributed by atoms with Crippen LogP contribution in [0.25, 0.3) is 0 Å². The minimum absolute atomic E-state index is 0.0199. The molecular formula is C25H28FN3O6S. The van der Waals surface area contributed by atoms with Crippen LogP contribution in [-0.4, -0.2) is 52.3 Å². The maximum absolute atomic E-state index is 14.6. The van der Waals surface area contributed by atoms with Crippen molar-refractivity contribution < 1.29 is 32.5 Å². The molecule has 9 nitrogen and oxygen atoms in total. The summed E-state index contributed by atoms with van der Waals surface area (Å²) < 4.78 is 37.8. The Balaban J connectivity index is 1.41. The number of fused-ring (bicyclic) bond motifs is 1. The molecule has 0 bridgehead atoms. The first-order chi connectivity index (χ1) is 17.3. The third-order valence-electron chi connectivity index (χ3n) is 6.08. The van der Waals surface area contributed by atoms with Gasteiger partial charge in [0.25, 0.3) is 0 Å². The zero-order valence-electron chi connectivity index (χ0n) is 19.8. The normalized spacial score (nSPS) is 16.3. The first kappa shape index (κ1) is 25.6. The van der Waals surface area contributed by atoms with E-state index in [2.05, 4.69) is 10.6 Å². The number of anilines is 2. The Bertz CT molecular complexity index is 1170. The van der Waals surface area contributed by atoms with Crippen molar-refractivity contribution in [3.8, 4) is 11.5 Å². The lowest BCUT2D eigenvalue weighted by Gasteiger charge is -2.29. The van der Waals surface area contributed by atoms with E-state index >= 15 is 0 Å². The fourth-order valence-corrected chi connectivity index (χ4v) is 5.17. The summed E-state index contributed by atoms with van der Waals surface area (Å²) in [6.45, 7) is 1.60. The summed E-state index contributed by atoms with van der Waals surface area (Å²) in [7, 11) is -1.90. The Kier molecular flexibility index (Phi) is 8.19. The molecule has 0 aromatic heterocycles. The van der Waals surface area contributed by atoms with E-state index in [0.717, 1.165) is 30.6 Å². The van der Waals surface area contributed by atoms with Crippen molar-refractivity contribution >= 4 is 39.9 Å². The standard InChI is InChI=1S/C25H28FN3O6S/c1-16(25(32)28-17-6-2-3-7-17)29(20-9-5-4-8-19(20)26)24(31)14-36(33)13-23(30)27-18-10-11-21-22(12-18)35-15-34-21/h4-5,8-12,16-17H,2-3,6-7,13-15H2,1H3,(H,27,30)(H,28,32). The molecule has 2 aliphatic rings. The van der Waals surface area contributed by atoms with Crippen molar-refractivity contribution in [2.75, 3.05) is 28.5 Å². The lowest BCUT2D eigenvalue weighted by Crippen LogP contribution is -2.51. The maximum Gasteiger partial charge on any atom is 0.243 e. The van der Waals surface area contributed by atoms with E-state index in [1.54, 1.807) is 24.3 Å². The highest BCUT2D eigenvalue weighted by atomic mass is 32.2. The van der Waals surface area contributed by atoms with Gasteiger partial charge in [0.15, 0.2) is 11.5 Å². The highest BCUT2D eigenvalue weighted by molar-refractivity contribution is 7.86. The van der Waals surface area contributed by atoms with Crippen LogP contribution < -0.4 is 25.0 Å². The molecule has 4 rings (SSSR count). The Hall–Kier alpha value is -3.47. The molecule has 2 aromatic rings. The molecule has 1 aliphatic heterocycles. The van der Waals surface area contributed by atoms with Gasteiger partial charge < -0.3 is 20.1 Å². The molecule has 36 heavy (non-hydrogen) atoms. The van der Waals surface area contributed by atoms with Crippen LogP contribution in [0, 0.1) is 5.82 Å². The molecule has 0 spiro atoms. The molecule has 3 amide bonds. The zero-order chi connectivity index (χ0) is 25.7. The number of benzene rings is 2. The Morgan fingerprint density at radius 3 is 2.56 bits per heavy atom. The molecule has 1 aliphatic carbocycles. The topological polar surface area (TPSA) is 114 Å². The molecule has 2 atom stereocenters. The van der Waals surface area contributed by atoms with Crippen LogP contribution in [0.1, 0.15) is 32.6 Å². The molecular weight excluding hydrogens is 489 g/mol. The highest BCUT2D eigenvalue weighted by Crippen LogP contribution is 2.34. The summed E-state index contributed by atoms with van der Waals surface area (Å²) in [6, 6.07) is 9.43. The van der Waals surface area contributed by atoms with E-state index in [4.69, 9.17) is 9.47 Å². The van der Waals surface area contributed by atoms with Crippen LogP contribution in [-0.2, 0) is 25.2 Å². The number of rotatable bonds is 9. The third kappa shape index (κ3) is 6.20. The van der Waals surface area contributed by atoms with Gasteiger partial charge >= 0.3 is 0 Å². The van der Waals surface area contributed by atoms with Gasteiger partial charge in [0, 0.05) is 28.6 Å². The average molecular weight is 518 g/mol. The van der Waals surface area contributed by atoms with Crippen molar-refractivity contribution in [3.05, 3.63) is 48.3 Å². The second kappa shape index (κ2) is 11.5. The number of para-hydroxylation sites is 1. The summed E-state index contributed by atoms with van der Waals surface area (Å²) in [4.78, 5) is 39.5. The van der Waals surface area contributed by atoms with Crippen LogP contribution in [0.2, 0.25) is 0 Å². The second-order valence-electron chi connectivity index (χ2n) is 8.73. The van der Waals surface area contributed by atoms with Gasteiger partial charge in [0.1, 0.15) is 23.4 Å². The fraction of sp³-hybridized carbons (Fsp3) is 0.400. The first-order valence-electron chi connectivity index (χ1n) is 11.7. The summed E-state index contributed by atoms with van der Waals surface area (Å²) in [6.07, 6.45) is 3.74. The minimum atomic E-state index is -1.90. The van der Waals surface area contributed by atoms with Crippen LogP contribution in [0.3, 0.4) is 0 Å². The average Bonchev–Trinajstić information content (AvgIpc) is 3.51. The van der Waals surface area contributed by atoms with Crippen LogP contribution >= 0.6 is 0 Å². The summed E-state index contributed by atoms with van der Waals surface area (Å²) in [5.41, 5.74) is 0.344. The zero-order valence-corrected chi connectivity index (χ0v) is 20.6. The van der Waals surface area contributed by atoms with Crippen molar-refractivity contribution in [3.63, 3.8) is 0 Å². The molecule has 11 heteroatoms. The van der Waals surface area contributed by atoms with Crippen LogP contribution in [0.15, 0.2) is 42.5 Å². The number of carbonyl (C=O) groups is 3. The maximum atomic E-state index is 14.6. The SMILES string of the molecule is CC(C(=O)NC1CCCC1)N(C(=O)CS(=O)CC(=O)Nc1ccc2c(c1)OCO2)c1ccccc1F. The molecule has 0 radical (unpaired) electrons. The largest absolute Gasteiger partial charge is 0.454 e. The number of amides is 3.